The Kier molecular flexibility index (Phi) is 5.31. The van der Waals surface area contributed by atoms with Crippen molar-refractivity contribution in [1.29, 1.82) is 0 Å². The molecule has 0 spiro atoms. The third-order valence-electron chi connectivity index (χ3n) is 2.10. The number of rotatable bonds is 3. The van der Waals surface area contributed by atoms with Crippen LogP contribution in [0.4, 0.5) is 5.69 Å². The molecule has 0 heterocycles. The van der Waals surface area contributed by atoms with Crippen molar-refractivity contribution in [3.8, 4) is 0 Å². The number of hydrogen-bond donors (Lipinski definition) is 1. The van der Waals surface area contributed by atoms with Gasteiger partial charge in [0.2, 0.25) is 5.91 Å². The molecule has 0 fully saturated rings. The summed E-state index contributed by atoms with van der Waals surface area (Å²) in [7, 11) is 0. The van der Waals surface area contributed by atoms with Crippen LogP contribution in [-0.2, 0) is 4.79 Å². The summed E-state index contributed by atoms with van der Waals surface area (Å²) in [5.41, 5.74) is 2.01. The zero-order chi connectivity index (χ0) is 13.1. The number of amides is 1. The smallest absolute Gasteiger partial charge is 0.234 e. The van der Waals surface area contributed by atoms with Gasteiger partial charge in [-0.2, -0.15) is 0 Å². The zero-order valence-corrected chi connectivity index (χ0v) is 13.6. The number of nitrogens with one attached hydrogen (secondary N) is 1. The lowest BCUT2D eigenvalue weighted by Crippen LogP contribution is -2.19. The first-order valence-corrected chi connectivity index (χ1v) is 7.54. The summed E-state index contributed by atoms with van der Waals surface area (Å²) in [6.45, 7) is 8.35. The molecule has 17 heavy (non-hydrogen) atoms. The summed E-state index contributed by atoms with van der Waals surface area (Å²) < 4.78 is 1.31. The number of halogens is 1. The van der Waals surface area contributed by atoms with E-state index in [1.165, 1.54) is 3.57 Å². The number of benzene rings is 1. The molecule has 0 aliphatic carbocycles. The van der Waals surface area contributed by atoms with Crippen LogP contribution < -0.4 is 5.32 Å². The van der Waals surface area contributed by atoms with Crippen molar-refractivity contribution in [3.63, 3.8) is 0 Å². The highest BCUT2D eigenvalue weighted by Crippen LogP contribution is 2.23. The van der Waals surface area contributed by atoms with E-state index < -0.39 is 0 Å². The minimum atomic E-state index is 0.0641. The SMILES string of the molecule is Cc1cc(I)ccc1NC(=O)CSC(C)(C)C. The van der Waals surface area contributed by atoms with E-state index in [2.05, 4.69) is 54.7 Å². The van der Waals surface area contributed by atoms with Crippen molar-refractivity contribution >= 4 is 45.9 Å². The fraction of sp³-hybridized carbons (Fsp3) is 0.462. The number of aryl methyl sites for hydroxylation is 1. The zero-order valence-electron chi connectivity index (χ0n) is 10.6. The second-order valence-electron chi connectivity index (χ2n) is 4.91. The Morgan fingerprint density at radius 3 is 2.59 bits per heavy atom. The van der Waals surface area contributed by atoms with E-state index in [0.717, 1.165) is 11.3 Å². The van der Waals surface area contributed by atoms with E-state index in [1.54, 1.807) is 11.8 Å². The van der Waals surface area contributed by atoms with E-state index in [0.29, 0.717) is 5.75 Å². The van der Waals surface area contributed by atoms with E-state index in [-0.39, 0.29) is 10.7 Å². The molecule has 0 saturated heterocycles. The van der Waals surface area contributed by atoms with Crippen LogP contribution in [0.3, 0.4) is 0 Å². The van der Waals surface area contributed by atoms with Crippen molar-refractivity contribution < 1.29 is 4.79 Å². The average molecular weight is 363 g/mol. The van der Waals surface area contributed by atoms with Gasteiger partial charge in [-0.3, -0.25) is 4.79 Å². The maximum absolute atomic E-state index is 11.8. The predicted molar refractivity (Wildman–Crippen MR) is 84.7 cm³/mol. The van der Waals surface area contributed by atoms with Crippen molar-refractivity contribution in [2.24, 2.45) is 0 Å². The molecule has 1 N–H and O–H groups in total. The van der Waals surface area contributed by atoms with Crippen LogP contribution in [0.5, 0.6) is 0 Å². The molecule has 0 aliphatic rings. The lowest BCUT2D eigenvalue weighted by molar-refractivity contribution is -0.113. The Hall–Kier alpha value is -0.230. The summed E-state index contributed by atoms with van der Waals surface area (Å²) in [5, 5.41) is 2.95. The van der Waals surface area contributed by atoms with Gasteiger partial charge in [0.05, 0.1) is 5.75 Å². The topological polar surface area (TPSA) is 29.1 Å². The van der Waals surface area contributed by atoms with Crippen molar-refractivity contribution in [1.82, 2.24) is 0 Å². The van der Waals surface area contributed by atoms with Gasteiger partial charge >= 0.3 is 0 Å². The Morgan fingerprint density at radius 2 is 2.06 bits per heavy atom. The van der Waals surface area contributed by atoms with Crippen LogP contribution in [0.15, 0.2) is 18.2 Å². The highest BCUT2D eigenvalue weighted by molar-refractivity contribution is 14.1. The lowest BCUT2D eigenvalue weighted by Gasteiger charge is -2.17. The number of carbonyl (C=O) groups excluding carboxylic acids is 1. The van der Waals surface area contributed by atoms with E-state index in [4.69, 9.17) is 0 Å². The largest absolute Gasteiger partial charge is 0.325 e. The molecule has 0 aliphatic heterocycles. The molecular weight excluding hydrogens is 345 g/mol. The quantitative estimate of drug-likeness (QED) is 0.821. The molecule has 0 atom stereocenters. The normalized spacial score (nSPS) is 11.4. The van der Waals surface area contributed by atoms with Crippen molar-refractivity contribution in [2.75, 3.05) is 11.1 Å². The average Bonchev–Trinajstić information content (AvgIpc) is 2.18. The van der Waals surface area contributed by atoms with Gasteiger partial charge in [0.15, 0.2) is 0 Å². The molecule has 0 saturated carbocycles. The highest BCUT2D eigenvalue weighted by atomic mass is 127. The van der Waals surface area contributed by atoms with Crippen molar-refractivity contribution in [3.05, 3.63) is 27.3 Å². The number of thioether (sulfide) groups is 1. The molecule has 4 heteroatoms. The van der Waals surface area contributed by atoms with E-state index in [9.17, 15) is 4.79 Å². The Bertz CT molecular complexity index is 412. The molecule has 1 rings (SSSR count). The lowest BCUT2D eigenvalue weighted by atomic mass is 10.2. The molecule has 1 aromatic carbocycles. The first-order chi connectivity index (χ1) is 7.78. The minimum absolute atomic E-state index is 0.0641. The Balaban J connectivity index is 2.57. The maximum Gasteiger partial charge on any atom is 0.234 e. The fourth-order valence-corrected chi connectivity index (χ4v) is 2.52. The molecule has 1 amide bonds. The van der Waals surface area contributed by atoms with Gasteiger partial charge < -0.3 is 5.32 Å². The third kappa shape index (κ3) is 5.77. The van der Waals surface area contributed by atoms with Gasteiger partial charge in [-0.25, -0.2) is 0 Å². The van der Waals surface area contributed by atoms with Gasteiger partial charge in [-0.1, -0.05) is 20.8 Å². The summed E-state index contributed by atoms with van der Waals surface area (Å²) in [6, 6.07) is 6.02. The first-order valence-electron chi connectivity index (χ1n) is 5.48. The molecule has 1 aromatic rings. The van der Waals surface area contributed by atoms with Gasteiger partial charge in [0, 0.05) is 14.0 Å². The number of carbonyl (C=O) groups is 1. The summed E-state index contributed by atoms with van der Waals surface area (Å²) in [6.07, 6.45) is 0. The van der Waals surface area contributed by atoms with Crippen molar-refractivity contribution in [2.45, 2.75) is 32.4 Å². The van der Waals surface area contributed by atoms with Gasteiger partial charge in [0.25, 0.3) is 0 Å². The van der Waals surface area contributed by atoms with Crippen LogP contribution in [0.2, 0.25) is 0 Å². The van der Waals surface area contributed by atoms with Crippen LogP contribution in [0.1, 0.15) is 26.3 Å². The molecule has 0 bridgehead atoms. The standard InChI is InChI=1S/C13H18INOS/c1-9-7-10(14)5-6-11(9)15-12(16)8-17-13(2,3)4/h5-7H,8H2,1-4H3,(H,15,16). The number of anilines is 1. The molecule has 2 nitrogen and oxygen atoms in total. The van der Waals surface area contributed by atoms with E-state index in [1.807, 2.05) is 19.1 Å². The van der Waals surface area contributed by atoms with Crippen LogP contribution in [-0.4, -0.2) is 16.4 Å². The second kappa shape index (κ2) is 6.09. The molecule has 94 valence electrons. The van der Waals surface area contributed by atoms with Crippen LogP contribution in [0.25, 0.3) is 0 Å². The van der Waals surface area contributed by atoms with Gasteiger partial charge in [-0.05, 0) is 53.3 Å². The van der Waals surface area contributed by atoms with Crippen LogP contribution in [0, 0.1) is 10.5 Å². The summed E-state index contributed by atoms with van der Waals surface area (Å²) >= 11 is 3.92. The monoisotopic (exact) mass is 363 g/mol. The molecular formula is C13H18INOS. The molecule has 0 aromatic heterocycles. The third-order valence-corrected chi connectivity index (χ3v) is 4.04. The first kappa shape index (κ1) is 14.8. The molecule has 0 unspecified atom stereocenters. The van der Waals surface area contributed by atoms with E-state index >= 15 is 0 Å². The highest BCUT2D eigenvalue weighted by Gasteiger charge is 2.13. The minimum Gasteiger partial charge on any atom is -0.325 e. The molecule has 0 radical (unpaired) electrons. The summed E-state index contributed by atoms with van der Waals surface area (Å²) in [5.74, 6) is 0.559. The Morgan fingerprint density at radius 1 is 1.41 bits per heavy atom. The maximum atomic E-state index is 11.8. The Labute approximate surface area is 121 Å². The van der Waals surface area contributed by atoms with Gasteiger partial charge in [-0.15, -0.1) is 11.8 Å². The predicted octanol–water partition coefficient (Wildman–Crippen LogP) is 4.07. The second-order valence-corrected chi connectivity index (χ2v) is 7.96. The number of hydrogen-bond acceptors (Lipinski definition) is 2. The van der Waals surface area contributed by atoms with Gasteiger partial charge in [0.1, 0.15) is 0 Å². The summed E-state index contributed by atoms with van der Waals surface area (Å²) in [4.78, 5) is 11.8. The fourth-order valence-electron chi connectivity index (χ4n) is 1.24. The van der Waals surface area contributed by atoms with Crippen LogP contribution >= 0.6 is 34.4 Å².